The molecule has 0 aliphatic carbocycles. The molecule has 0 unspecified atom stereocenters. The Hall–Kier alpha value is -1.13. The van der Waals surface area contributed by atoms with Crippen molar-refractivity contribution in [3.63, 3.8) is 0 Å². The van der Waals surface area contributed by atoms with Gasteiger partial charge >= 0.3 is 0 Å². The van der Waals surface area contributed by atoms with Crippen molar-refractivity contribution in [2.45, 2.75) is 33.0 Å². The third-order valence-electron chi connectivity index (χ3n) is 2.42. The summed E-state index contributed by atoms with van der Waals surface area (Å²) in [5, 5.41) is 3.43. The molecule has 0 aromatic carbocycles. The van der Waals surface area contributed by atoms with Crippen LogP contribution in [0.4, 0.5) is 0 Å². The Balaban J connectivity index is 2.01. The van der Waals surface area contributed by atoms with Crippen LogP contribution in [0.2, 0.25) is 0 Å². The monoisotopic (exact) mass is 235 g/mol. The highest BCUT2D eigenvalue weighted by Gasteiger charge is 2.03. The van der Waals surface area contributed by atoms with Crippen molar-refractivity contribution in [1.82, 2.24) is 14.9 Å². The van der Waals surface area contributed by atoms with E-state index in [4.69, 9.17) is 0 Å². The lowest BCUT2D eigenvalue weighted by Gasteiger charge is -2.11. The van der Waals surface area contributed by atoms with Gasteiger partial charge in [0.15, 0.2) is 0 Å². The average Bonchev–Trinajstić information content (AvgIpc) is 2.87. The van der Waals surface area contributed by atoms with Gasteiger partial charge in [0.1, 0.15) is 0 Å². The Bertz CT molecular complexity index is 417. The summed E-state index contributed by atoms with van der Waals surface area (Å²) in [6.07, 6.45) is 4.06. The lowest BCUT2D eigenvalue weighted by Crippen LogP contribution is -2.23. The number of hydrogen-bond donors (Lipinski definition) is 1. The number of hydrogen-bond acceptors (Lipinski definition) is 3. The highest BCUT2D eigenvalue weighted by molar-refractivity contribution is 7.09. The first-order chi connectivity index (χ1) is 7.75. The van der Waals surface area contributed by atoms with Crippen LogP contribution < -0.4 is 5.32 Å². The quantitative estimate of drug-likeness (QED) is 0.863. The Morgan fingerprint density at radius 2 is 2.38 bits per heavy atom. The molecule has 0 fully saturated rings. The van der Waals surface area contributed by atoms with Crippen LogP contribution in [-0.2, 0) is 13.1 Å². The van der Waals surface area contributed by atoms with E-state index in [0.29, 0.717) is 6.04 Å². The van der Waals surface area contributed by atoms with Crippen LogP contribution in [0, 0.1) is 0 Å². The van der Waals surface area contributed by atoms with Gasteiger partial charge in [-0.3, -0.25) is 4.98 Å². The molecule has 86 valence electrons. The zero-order valence-corrected chi connectivity index (χ0v) is 10.5. The van der Waals surface area contributed by atoms with Crippen molar-refractivity contribution in [1.29, 1.82) is 0 Å². The Kier molecular flexibility index (Phi) is 3.74. The predicted molar refractivity (Wildman–Crippen MR) is 67.6 cm³/mol. The van der Waals surface area contributed by atoms with Crippen LogP contribution in [0.3, 0.4) is 0 Å². The first kappa shape index (κ1) is 11.4. The first-order valence-electron chi connectivity index (χ1n) is 5.50. The van der Waals surface area contributed by atoms with Crippen molar-refractivity contribution in [3.05, 3.63) is 40.6 Å². The molecule has 0 saturated carbocycles. The van der Waals surface area contributed by atoms with Gasteiger partial charge in [0, 0.05) is 35.6 Å². The van der Waals surface area contributed by atoms with Crippen LogP contribution in [0.15, 0.2) is 30.0 Å². The molecular weight excluding hydrogens is 218 g/mol. The van der Waals surface area contributed by atoms with Gasteiger partial charge in [0.2, 0.25) is 0 Å². The molecule has 2 aromatic rings. The number of aromatic nitrogens is 2. The normalized spacial score (nSPS) is 11.2. The lowest BCUT2D eigenvalue weighted by atomic mass is 10.3. The van der Waals surface area contributed by atoms with Gasteiger partial charge in [-0.05, 0) is 12.1 Å². The molecule has 16 heavy (non-hydrogen) atoms. The third kappa shape index (κ3) is 2.93. The Labute approximate surface area is 100 Å². The van der Waals surface area contributed by atoms with Crippen molar-refractivity contribution in [2.24, 2.45) is 0 Å². The maximum absolute atomic E-state index is 4.10. The molecule has 2 rings (SSSR count). The van der Waals surface area contributed by atoms with Crippen LogP contribution >= 0.6 is 11.3 Å². The summed E-state index contributed by atoms with van der Waals surface area (Å²) in [7, 11) is 0. The summed E-state index contributed by atoms with van der Waals surface area (Å²) in [5.41, 5.74) is 3.20. The summed E-state index contributed by atoms with van der Waals surface area (Å²) in [6, 6.07) is 4.78. The molecule has 3 nitrogen and oxygen atoms in total. The number of thiazole rings is 1. The Morgan fingerprint density at radius 1 is 1.50 bits per heavy atom. The van der Waals surface area contributed by atoms with E-state index in [0.717, 1.165) is 13.1 Å². The highest BCUT2D eigenvalue weighted by atomic mass is 32.1. The number of nitrogens with one attached hydrogen (secondary N) is 1. The standard InChI is InChI=1S/C12H17N3S/c1-10(2)14-6-11-4-3-5-15(11)8-12-7-13-9-16-12/h3-5,7,9-10,14H,6,8H2,1-2H3. The largest absolute Gasteiger partial charge is 0.345 e. The second-order valence-electron chi connectivity index (χ2n) is 4.13. The van der Waals surface area contributed by atoms with Crippen LogP contribution in [0.1, 0.15) is 24.4 Å². The molecule has 2 aromatic heterocycles. The second kappa shape index (κ2) is 5.27. The fourth-order valence-corrected chi connectivity index (χ4v) is 2.15. The average molecular weight is 235 g/mol. The van der Waals surface area contributed by atoms with Crippen molar-refractivity contribution in [3.8, 4) is 0 Å². The predicted octanol–water partition coefficient (Wildman–Crippen LogP) is 2.49. The molecule has 4 heteroatoms. The second-order valence-corrected chi connectivity index (χ2v) is 5.10. The number of nitrogens with zero attached hydrogens (tertiary/aromatic N) is 2. The lowest BCUT2D eigenvalue weighted by molar-refractivity contribution is 0.565. The zero-order chi connectivity index (χ0) is 11.4. The van der Waals surface area contributed by atoms with E-state index in [1.807, 2.05) is 11.7 Å². The molecule has 0 spiro atoms. The van der Waals surface area contributed by atoms with Crippen LogP contribution in [0.25, 0.3) is 0 Å². The Morgan fingerprint density at radius 3 is 3.06 bits per heavy atom. The molecule has 0 aliphatic rings. The van der Waals surface area contributed by atoms with Crippen LogP contribution in [0.5, 0.6) is 0 Å². The van der Waals surface area contributed by atoms with E-state index >= 15 is 0 Å². The summed E-state index contributed by atoms with van der Waals surface area (Å²) < 4.78 is 2.27. The molecule has 0 atom stereocenters. The van der Waals surface area contributed by atoms with Crippen LogP contribution in [-0.4, -0.2) is 15.6 Å². The van der Waals surface area contributed by atoms with Gasteiger partial charge in [-0.15, -0.1) is 11.3 Å². The van der Waals surface area contributed by atoms with Crippen molar-refractivity contribution in [2.75, 3.05) is 0 Å². The molecule has 1 N–H and O–H groups in total. The first-order valence-corrected chi connectivity index (χ1v) is 6.38. The third-order valence-corrected chi connectivity index (χ3v) is 3.19. The SMILES string of the molecule is CC(C)NCc1cccn1Cc1cncs1. The topological polar surface area (TPSA) is 29.9 Å². The van der Waals surface area contributed by atoms with Gasteiger partial charge in [-0.1, -0.05) is 13.8 Å². The number of rotatable bonds is 5. The fourth-order valence-electron chi connectivity index (χ4n) is 1.56. The summed E-state index contributed by atoms with van der Waals surface area (Å²) >= 11 is 1.70. The molecule has 2 heterocycles. The molecule has 0 radical (unpaired) electrons. The van der Waals surface area contributed by atoms with Crippen molar-refractivity contribution < 1.29 is 0 Å². The van der Waals surface area contributed by atoms with Gasteiger partial charge < -0.3 is 9.88 Å². The molecular formula is C12H17N3S. The summed E-state index contributed by atoms with van der Waals surface area (Å²) in [5.74, 6) is 0. The van der Waals surface area contributed by atoms with E-state index < -0.39 is 0 Å². The van der Waals surface area contributed by atoms with Gasteiger partial charge in [0.25, 0.3) is 0 Å². The van der Waals surface area contributed by atoms with E-state index in [-0.39, 0.29) is 0 Å². The maximum Gasteiger partial charge on any atom is 0.0794 e. The van der Waals surface area contributed by atoms with Gasteiger partial charge in [-0.2, -0.15) is 0 Å². The fraction of sp³-hybridized carbons (Fsp3) is 0.417. The highest BCUT2D eigenvalue weighted by Crippen LogP contribution is 2.11. The smallest absolute Gasteiger partial charge is 0.0794 e. The maximum atomic E-state index is 4.10. The summed E-state index contributed by atoms with van der Waals surface area (Å²) in [6.45, 7) is 6.17. The van der Waals surface area contributed by atoms with Crippen molar-refractivity contribution >= 4 is 11.3 Å². The van der Waals surface area contributed by atoms with E-state index in [1.165, 1.54) is 10.6 Å². The minimum atomic E-state index is 0.520. The minimum Gasteiger partial charge on any atom is -0.345 e. The molecule has 0 aliphatic heterocycles. The van der Waals surface area contributed by atoms with Gasteiger partial charge in [0.05, 0.1) is 12.1 Å². The minimum absolute atomic E-state index is 0.520. The zero-order valence-electron chi connectivity index (χ0n) is 9.68. The van der Waals surface area contributed by atoms with Gasteiger partial charge in [-0.25, -0.2) is 0 Å². The molecule has 0 amide bonds. The molecule has 0 bridgehead atoms. The van der Waals surface area contributed by atoms with E-state index in [9.17, 15) is 0 Å². The molecule has 0 saturated heterocycles. The summed E-state index contributed by atoms with van der Waals surface area (Å²) in [4.78, 5) is 5.39. The van der Waals surface area contributed by atoms with E-state index in [1.54, 1.807) is 11.3 Å². The van der Waals surface area contributed by atoms with E-state index in [2.05, 4.69) is 47.0 Å².